The van der Waals surface area contributed by atoms with Crippen LogP contribution in [0.3, 0.4) is 0 Å². The molecule has 0 fully saturated rings. The molecule has 0 saturated heterocycles. The molecule has 3 aromatic carbocycles. The molecule has 1 atom stereocenters. The van der Waals surface area contributed by atoms with Crippen molar-refractivity contribution in [2.75, 3.05) is 6.61 Å². The number of benzene rings is 3. The van der Waals surface area contributed by atoms with Crippen molar-refractivity contribution >= 4 is 17.3 Å². The van der Waals surface area contributed by atoms with Crippen LogP contribution in [0.4, 0.5) is 0 Å². The molecule has 4 aromatic rings. The maximum atomic E-state index is 12.4. The minimum absolute atomic E-state index is 0.00547. The molecule has 190 valence electrons. The average Bonchev–Trinajstić information content (AvgIpc) is 3.48. The molecule has 0 aliphatic carbocycles. The standard InChI is InChI=1S/C30H24N2O5S/c1-2-34-26-15-20(10-13-24(26)35-18-19-7-4-3-5-8-19)28-22-12-11-21(36-30(33)27-9-6-14-38-27)16-25(22)37-29(32)23(28)17-31/h3-16,28H,2,18,32H2,1H3. The minimum Gasteiger partial charge on any atom is -0.490 e. The summed E-state index contributed by atoms with van der Waals surface area (Å²) in [5, 5.41) is 11.7. The summed E-state index contributed by atoms with van der Waals surface area (Å²) in [4.78, 5) is 12.9. The summed E-state index contributed by atoms with van der Waals surface area (Å²) >= 11 is 1.30. The maximum absolute atomic E-state index is 12.4. The Labute approximate surface area is 224 Å². The summed E-state index contributed by atoms with van der Waals surface area (Å²) in [6, 6.07) is 26.2. The Morgan fingerprint density at radius 1 is 1.03 bits per heavy atom. The Morgan fingerprint density at radius 3 is 2.61 bits per heavy atom. The van der Waals surface area contributed by atoms with Gasteiger partial charge in [0.1, 0.15) is 34.6 Å². The monoisotopic (exact) mass is 524 g/mol. The fourth-order valence-corrected chi connectivity index (χ4v) is 4.82. The molecular weight excluding hydrogens is 500 g/mol. The number of nitriles is 1. The van der Waals surface area contributed by atoms with E-state index in [1.807, 2.05) is 55.5 Å². The van der Waals surface area contributed by atoms with E-state index in [0.29, 0.717) is 46.7 Å². The summed E-state index contributed by atoms with van der Waals surface area (Å²) in [5.41, 5.74) is 8.99. The van der Waals surface area contributed by atoms with Gasteiger partial charge in [-0.3, -0.25) is 0 Å². The van der Waals surface area contributed by atoms with Crippen molar-refractivity contribution in [1.29, 1.82) is 5.26 Å². The lowest BCUT2D eigenvalue weighted by Gasteiger charge is -2.27. The molecule has 0 bridgehead atoms. The molecule has 5 rings (SSSR count). The zero-order valence-electron chi connectivity index (χ0n) is 20.5. The van der Waals surface area contributed by atoms with Gasteiger partial charge in [-0.15, -0.1) is 11.3 Å². The van der Waals surface area contributed by atoms with Crippen LogP contribution in [-0.4, -0.2) is 12.6 Å². The van der Waals surface area contributed by atoms with Gasteiger partial charge in [0, 0.05) is 11.6 Å². The highest BCUT2D eigenvalue weighted by Gasteiger charge is 2.32. The molecule has 2 heterocycles. The lowest BCUT2D eigenvalue weighted by molar-refractivity contribution is 0.0739. The predicted molar refractivity (Wildman–Crippen MR) is 143 cm³/mol. The summed E-state index contributed by atoms with van der Waals surface area (Å²) in [6.07, 6.45) is 0. The Morgan fingerprint density at radius 2 is 1.87 bits per heavy atom. The van der Waals surface area contributed by atoms with Crippen molar-refractivity contribution in [3.05, 3.63) is 117 Å². The number of fused-ring (bicyclic) bond motifs is 1. The number of hydrogen-bond donors (Lipinski definition) is 1. The van der Waals surface area contributed by atoms with E-state index < -0.39 is 11.9 Å². The quantitative estimate of drug-likeness (QED) is 0.217. The lowest BCUT2D eigenvalue weighted by Crippen LogP contribution is -2.21. The van der Waals surface area contributed by atoms with E-state index in [2.05, 4.69) is 6.07 Å². The van der Waals surface area contributed by atoms with Gasteiger partial charge in [0.05, 0.1) is 12.5 Å². The van der Waals surface area contributed by atoms with E-state index in [0.717, 1.165) is 11.1 Å². The molecule has 8 heteroatoms. The molecule has 0 amide bonds. The van der Waals surface area contributed by atoms with Crippen molar-refractivity contribution in [3.63, 3.8) is 0 Å². The molecule has 1 unspecified atom stereocenters. The van der Waals surface area contributed by atoms with Gasteiger partial charge in [-0.1, -0.05) is 48.5 Å². The van der Waals surface area contributed by atoms with E-state index in [4.69, 9.17) is 24.7 Å². The number of carbonyl (C=O) groups is 1. The molecule has 2 N–H and O–H groups in total. The Hall–Kier alpha value is -4.74. The minimum atomic E-state index is -0.506. The highest BCUT2D eigenvalue weighted by atomic mass is 32.1. The predicted octanol–water partition coefficient (Wildman–Crippen LogP) is 6.16. The number of thiophene rings is 1. The number of hydrogen-bond acceptors (Lipinski definition) is 8. The zero-order valence-corrected chi connectivity index (χ0v) is 21.4. The van der Waals surface area contributed by atoms with Gasteiger partial charge in [0.15, 0.2) is 11.5 Å². The Balaban J connectivity index is 1.46. The Kier molecular flexibility index (Phi) is 7.29. The van der Waals surface area contributed by atoms with Crippen LogP contribution < -0.4 is 24.7 Å². The number of allylic oxidation sites excluding steroid dienone is 1. The van der Waals surface area contributed by atoms with E-state index in [1.165, 1.54) is 11.3 Å². The second-order valence-corrected chi connectivity index (χ2v) is 9.35. The first-order chi connectivity index (χ1) is 18.6. The van der Waals surface area contributed by atoms with E-state index in [1.54, 1.807) is 35.7 Å². The smallest absolute Gasteiger partial charge is 0.353 e. The van der Waals surface area contributed by atoms with Crippen LogP contribution in [0.25, 0.3) is 0 Å². The van der Waals surface area contributed by atoms with Crippen molar-refractivity contribution in [1.82, 2.24) is 0 Å². The number of esters is 1. The summed E-state index contributed by atoms with van der Waals surface area (Å²) in [6.45, 7) is 2.73. The van der Waals surface area contributed by atoms with E-state index >= 15 is 0 Å². The lowest BCUT2D eigenvalue weighted by atomic mass is 9.83. The van der Waals surface area contributed by atoms with Crippen LogP contribution >= 0.6 is 11.3 Å². The fraction of sp³-hybridized carbons (Fsp3) is 0.133. The van der Waals surface area contributed by atoms with E-state index in [-0.39, 0.29) is 11.5 Å². The van der Waals surface area contributed by atoms with Crippen LogP contribution in [-0.2, 0) is 6.61 Å². The van der Waals surface area contributed by atoms with Gasteiger partial charge in [0.25, 0.3) is 0 Å². The molecule has 1 aliphatic rings. The second kappa shape index (κ2) is 11.1. The van der Waals surface area contributed by atoms with Crippen LogP contribution in [0, 0.1) is 11.3 Å². The van der Waals surface area contributed by atoms with Gasteiger partial charge < -0.3 is 24.7 Å². The zero-order chi connectivity index (χ0) is 26.5. The molecule has 0 saturated carbocycles. The van der Waals surface area contributed by atoms with Gasteiger partial charge >= 0.3 is 5.97 Å². The van der Waals surface area contributed by atoms with Crippen LogP contribution in [0.1, 0.15) is 39.2 Å². The van der Waals surface area contributed by atoms with Crippen molar-refractivity contribution in [2.45, 2.75) is 19.4 Å². The van der Waals surface area contributed by atoms with Crippen molar-refractivity contribution < 1.29 is 23.7 Å². The summed E-state index contributed by atoms with van der Waals surface area (Å²) in [7, 11) is 0. The first kappa shape index (κ1) is 24.9. The average molecular weight is 525 g/mol. The third-order valence-corrected chi connectivity index (χ3v) is 6.81. The highest BCUT2D eigenvalue weighted by molar-refractivity contribution is 7.12. The Bertz CT molecular complexity index is 1520. The number of nitrogens with zero attached hydrogens (tertiary/aromatic N) is 1. The van der Waals surface area contributed by atoms with Crippen molar-refractivity contribution in [2.24, 2.45) is 5.73 Å². The molecule has 0 spiro atoms. The maximum Gasteiger partial charge on any atom is 0.353 e. The summed E-state index contributed by atoms with van der Waals surface area (Å²) in [5.74, 6) is 0.909. The van der Waals surface area contributed by atoms with Gasteiger partial charge in [-0.05, 0) is 47.7 Å². The molecule has 7 nitrogen and oxygen atoms in total. The first-order valence-electron chi connectivity index (χ1n) is 12.0. The SMILES string of the molecule is CCOc1cc(C2C(C#N)=C(N)Oc3cc(OC(=O)c4cccs4)ccc32)ccc1OCc1ccccc1. The van der Waals surface area contributed by atoms with Crippen LogP contribution in [0.2, 0.25) is 0 Å². The number of nitrogens with two attached hydrogens (primary N) is 1. The van der Waals surface area contributed by atoms with Crippen LogP contribution in [0.15, 0.2) is 95.7 Å². The van der Waals surface area contributed by atoms with E-state index in [9.17, 15) is 10.1 Å². The number of ether oxygens (including phenoxy) is 4. The molecule has 1 aliphatic heterocycles. The van der Waals surface area contributed by atoms with Gasteiger partial charge in [-0.25, -0.2) is 4.79 Å². The topological polar surface area (TPSA) is 104 Å². The molecule has 1 aromatic heterocycles. The van der Waals surface area contributed by atoms with Crippen LogP contribution in [0.5, 0.6) is 23.0 Å². The van der Waals surface area contributed by atoms with Gasteiger partial charge in [-0.2, -0.15) is 5.26 Å². The molecule has 0 radical (unpaired) electrons. The van der Waals surface area contributed by atoms with Gasteiger partial charge in [0.2, 0.25) is 5.88 Å². The molecule has 38 heavy (non-hydrogen) atoms. The van der Waals surface area contributed by atoms with Crippen molar-refractivity contribution in [3.8, 4) is 29.1 Å². The number of rotatable bonds is 8. The second-order valence-electron chi connectivity index (χ2n) is 8.40. The normalized spacial score (nSPS) is 14.2. The molecular formula is C30H24N2O5S. The first-order valence-corrected chi connectivity index (χ1v) is 12.9. The fourth-order valence-electron chi connectivity index (χ4n) is 4.22. The highest BCUT2D eigenvalue weighted by Crippen LogP contribution is 2.45. The summed E-state index contributed by atoms with van der Waals surface area (Å²) < 4.78 is 23.2. The largest absolute Gasteiger partial charge is 0.490 e. The number of carbonyl (C=O) groups excluding carboxylic acids is 1. The third-order valence-electron chi connectivity index (χ3n) is 5.96. The third kappa shape index (κ3) is 5.19.